The second-order valence-corrected chi connectivity index (χ2v) is 1.76. The van der Waals surface area contributed by atoms with Crippen molar-refractivity contribution >= 4 is 17.7 Å². The van der Waals surface area contributed by atoms with Crippen LogP contribution in [0.5, 0.6) is 0 Å². The smallest absolute Gasteiger partial charge is 0.353 e. The summed E-state index contributed by atoms with van der Waals surface area (Å²) in [5.41, 5.74) is -0.522. The van der Waals surface area contributed by atoms with E-state index in [9.17, 15) is 9.59 Å². The molecule has 13 heavy (non-hydrogen) atoms. The third-order valence-electron chi connectivity index (χ3n) is 0.972. The van der Waals surface area contributed by atoms with E-state index in [4.69, 9.17) is 5.26 Å². The molecule has 0 bridgehead atoms. The number of nitriles is 1. The molecule has 0 rings (SSSR count). The van der Waals surface area contributed by atoms with Gasteiger partial charge in [0.15, 0.2) is 0 Å². The van der Waals surface area contributed by atoms with Crippen molar-refractivity contribution < 1.29 is 14.4 Å². The summed E-state index contributed by atoms with van der Waals surface area (Å²) in [6, 6.07) is 1.47. The molecule has 0 aromatic rings. The normalized spacial score (nSPS) is 9.77. The van der Waals surface area contributed by atoms with Crippen LogP contribution >= 0.6 is 0 Å². The summed E-state index contributed by atoms with van der Waals surface area (Å²) in [7, 11) is 2.65. The highest BCUT2D eigenvalue weighted by atomic mass is 16.7. The fourth-order valence-corrected chi connectivity index (χ4v) is 0.364. The van der Waals surface area contributed by atoms with Crippen LogP contribution in [0.25, 0.3) is 0 Å². The van der Waals surface area contributed by atoms with Crippen molar-refractivity contribution in [3.8, 4) is 6.07 Å². The number of hydrogen-bond acceptors (Lipinski definition) is 5. The van der Waals surface area contributed by atoms with E-state index in [0.29, 0.717) is 0 Å². The summed E-state index contributed by atoms with van der Waals surface area (Å²) in [4.78, 5) is 25.4. The Morgan fingerprint density at radius 2 is 2.00 bits per heavy atom. The van der Waals surface area contributed by atoms with Gasteiger partial charge < -0.3 is 10.6 Å². The average molecular weight is 184 g/mol. The van der Waals surface area contributed by atoms with E-state index < -0.39 is 17.7 Å². The van der Waals surface area contributed by atoms with Gasteiger partial charge in [-0.2, -0.15) is 5.26 Å². The molecule has 0 aliphatic heterocycles. The molecular weight excluding hydrogens is 176 g/mol. The van der Waals surface area contributed by atoms with E-state index in [1.54, 1.807) is 0 Å². The van der Waals surface area contributed by atoms with E-state index in [1.165, 1.54) is 20.2 Å². The Balaban J connectivity index is 4.34. The summed E-state index contributed by atoms with van der Waals surface area (Å²) < 4.78 is 0. The van der Waals surface area contributed by atoms with Gasteiger partial charge in [0, 0.05) is 14.1 Å². The van der Waals surface area contributed by atoms with Crippen molar-refractivity contribution in [2.45, 2.75) is 0 Å². The molecule has 0 heterocycles. The minimum Gasteiger partial charge on any atom is -0.353 e. The lowest BCUT2D eigenvalue weighted by atomic mass is 10.4. The first-order valence-corrected chi connectivity index (χ1v) is 3.24. The molecule has 0 aromatic carbocycles. The van der Waals surface area contributed by atoms with Crippen molar-refractivity contribution in [1.82, 2.24) is 10.6 Å². The molecule has 2 amide bonds. The molecule has 0 radical (unpaired) electrons. The zero-order valence-corrected chi connectivity index (χ0v) is 7.12. The van der Waals surface area contributed by atoms with Gasteiger partial charge in [0.25, 0.3) is 5.91 Å². The minimum absolute atomic E-state index is 0.522. The number of oxime groups is 1. The first-order chi connectivity index (χ1) is 6.15. The summed E-state index contributed by atoms with van der Waals surface area (Å²) in [6.07, 6.45) is -0.850. The fraction of sp³-hybridized carbons (Fsp3) is 0.333. The third-order valence-corrected chi connectivity index (χ3v) is 0.972. The predicted molar refractivity (Wildman–Crippen MR) is 42.7 cm³/mol. The number of hydrogen-bond donors (Lipinski definition) is 2. The number of amides is 2. The van der Waals surface area contributed by atoms with Crippen LogP contribution in [0.4, 0.5) is 4.79 Å². The summed E-state index contributed by atoms with van der Waals surface area (Å²) in [6.45, 7) is 0. The lowest BCUT2D eigenvalue weighted by Gasteiger charge is -1.96. The van der Waals surface area contributed by atoms with Crippen LogP contribution in [-0.4, -0.2) is 31.8 Å². The van der Waals surface area contributed by atoms with Crippen LogP contribution in [0, 0.1) is 11.3 Å². The van der Waals surface area contributed by atoms with Gasteiger partial charge >= 0.3 is 6.09 Å². The number of nitrogens with zero attached hydrogens (tertiary/aromatic N) is 2. The van der Waals surface area contributed by atoms with Crippen LogP contribution in [0.2, 0.25) is 0 Å². The van der Waals surface area contributed by atoms with Gasteiger partial charge in [-0.05, 0) is 0 Å². The highest BCUT2D eigenvalue weighted by Gasteiger charge is 2.09. The van der Waals surface area contributed by atoms with Gasteiger partial charge in [0.05, 0.1) is 0 Å². The molecule has 2 N–H and O–H groups in total. The second kappa shape index (κ2) is 5.54. The van der Waals surface area contributed by atoms with E-state index in [0.717, 1.165) is 0 Å². The fourth-order valence-electron chi connectivity index (χ4n) is 0.364. The molecule has 7 heteroatoms. The maximum absolute atomic E-state index is 10.8. The average Bonchev–Trinajstić information content (AvgIpc) is 2.17. The van der Waals surface area contributed by atoms with Gasteiger partial charge in [-0.1, -0.05) is 5.16 Å². The van der Waals surface area contributed by atoms with Crippen LogP contribution in [0.15, 0.2) is 5.16 Å². The van der Waals surface area contributed by atoms with E-state index in [1.807, 2.05) is 0 Å². The monoisotopic (exact) mass is 184 g/mol. The van der Waals surface area contributed by atoms with E-state index in [-0.39, 0.29) is 0 Å². The highest BCUT2D eigenvalue weighted by molar-refractivity contribution is 6.44. The molecule has 0 fully saturated rings. The number of rotatable bonds is 2. The lowest BCUT2D eigenvalue weighted by Crippen LogP contribution is -2.27. The first-order valence-electron chi connectivity index (χ1n) is 3.24. The van der Waals surface area contributed by atoms with Crippen molar-refractivity contribution in [3.63, 3.8) is 0 Å². The van der Waals surface area contributed by atoms with Gasteiger partial charge in [-0.3, -0.25) is 9.63 Å². The molecule has 70 valence electrons. The zero-order chi connectivity index (χ0) is 10.3. The number of nitrogens with one attached hydrogen (secondary N) is 2. The number of carbonyl (C=O) groups is 2. The van der Waals surface area contributed by atoms with Crippen molar-refractivity contribution in [1.29, 1.82) is 5.26 Å². The van der Waals surface area contributed by atoms with Gasteiger partial charge in [0.1, 0.15) is 6.07 Å². The van der Waals surface area contributed by atoms with Crippen molar-refractivity contribution in [2.24, 2.45) is 5.16 Å². The second-order valence-electron chi connectivity index (χ2n) is 1.76. The summed E-state index contributed by atoms with van der Waals surface area (Å²) in [5.74, 6) is -0.716. The van der Waals surface area contributed by atoms with Crippen LogP contribution < -0.4 is 10.6 Å². The third kappa shape index (κ3) is 3.71. The predicted octanol–water partition coefficient (Wildman–Crippen LogP) is -1.03. The van der Waals surface area contributed by atoms with Crippen molar-refractivity contribution in [3.05, 3.63) is 0 Å². The van der Waals surface area contributed by atoms with Crippen LogP contribution in [-0.2, 0) is 9.63 Å². The molecule has 0 aliphatic carbocycles. The van der Waals surface area contributed by atoms with Gasteiger partial charge in [-0.15, -0.1) is 0 Å². The Labute approximate surface area is 74.3 Å². The molecule has 0 saturated carbocycles. The van der Waals surface area contributed by atoms with E-state index in [2.05, 4.69) is 20.6 Å². The molecule has 0 aliphatic rings. The Morgan fingerprint density at radius 1 is 1.38 bits per heavy atom. The Morgan fingerprint density at radius 3 is 2.38 bits per heavy atom. The topological polar surface area (TPSA) is 104 Å². The minimum atomic E-state index is -0.850. The van der Waals surface area contributed by atoms with Crippen molar-refractivity contribution in [2.75, 3.05) is 14.1 Å². The Kier molecular flexibility index (Phi) is 4.64. The SMILES string of the molecule is CNC(=O)ON=C(C#N)C(=O)NC. The Hall–Kier alpha value is -2.10. The molecule has 0 aromatic heterocycles. The van der Waals surface area contributed by atoms with Gasteiger partial charge in [0.2, 0.25) is 5.71 Å². The van der Waals surface area contributed by atoms with Crippen LogP contribution in [0.3, 0.4) is 0 Å². The maximum atomic E-state index is 10.8. The van der Waals surface area contributed by atoms with E-state index >= 15 is 0 Å². The van der Waals surface area contributed by atoms with Gasteiger partial charge in [-0.25, -0.2) is 4.79 Å². The molecule has 7 nitrogen and oxygen atoms in total. The number of carbonyl (C=O) groups excluding carboxylic acids is 2. The highest BCUT2D eigenvalue weighted by Crippen LogP contribution is 1.82. The molecule has 0 unspecified atom stereocenters. The summed E-state index contributed by atoms with van der Waals surface area (Å²) in [5, 5.41) is 15.6. The zero-order valence-electron chi connectivity index (χ0n) is 7.12. The largest absolute Gasteiger partial charge is 0.433 e. The molecular formula is C6H8N4O3. The quantitative estimate of drug-likeness (QED) is 0.325. The molecule has 0 atom stereocenters. The lowest BCUT2D eigenvalue weighted by molar-refractivity contribution is -0.114. The molecule has 0 saturated heterocycles. The van der Waals surface area contributed by atoms with Crippen LogP contribution in [0.1, 0.15) is 0 Å². The Bertz CT molecular complexity index is 278. The molecule has 0 spiro atoms. The first kappa shape index (κ1) is 10.9. The summed E-state index contributed by atoms with van der Waals surface area (Å²) >= 11 is 0. The maximum Gasteiger partial charge on any atom is 0.433 e. The standard InChI is InChI=1S/C6H8N4O3/c1-8-5(11)4(3-7)10-13-6(12)9-2/h1-2H3,(H,8,11)(H,9,12).